The van der Waals surface area contributed by atoms with E-state index in [9.17, 15) is 0 Å². The van der Waals surface area contributed by atoms with E-state index in [1.807, 2.05) is 6.07 Å². The van der Waals surface area contributed by atoms with Crippen LogP contribution in [0.2, 0.25) is 0 Å². The topological polar surface area (TPSA) is 38.2 Å². The minimum atomic E-state index is 0.380. The van der Waals surface area contributed by atoms with Crippen molar-refractivity contribution in [1.82, 2.24) is 9.97 Å². The summed E-state index contributed by atoms with van der Waals surface area (Å²) in [4.78, 5) is 11.0. The van der Waals surface area contributed by atoms with E-state index < -0.39 is 0 Å². The van der Waals surface area contributed by atoms with Gasteiger partial charge in [-0.3, -0.25) is 0 Å². The zero-order valence-corrected chi connectivity index (χ0v) is 13.0. The van der Waals surface area contributed by atoms with Crippen LogP contribution in [0.25, 0.3) is 0 Å². The molecule has 0 fully saturated rings. The van der Waals surface area contributed by atoms with Gasteiger partial charge in [0.2, 0.25) is 11.8 Å². The van der Waals surface area contributed by atoms with Crippen molar-refractivity contribution >= 4 is 21.9 Å². The van der Waals surface area contributed by atoms with Gasteiger partial charge in [-0.15, -0.1) is 0 Å². The van der Waals surface area contributed by atoms with Crippen molar-refractivity contribution in [2.75, 3.05) is 23.4 Å². The number of rotatable bonds is 8. The molecule has 1 aromatic rings. The summed E-state index contributed by atoms with van der Waals surface area (Å²) in [5.41, 5.74) is 0. The lowest BCUT2D eigenvalue weighted by molar-refractivity contribution is 0.304. The molecule has 4 nitrogen and oxygen atoms in total. The highest BCUT2D eigenvalue weighted by atomic mass is 79.9. The first kappa shape index (κ1) is 15.2. The maximum Gasteiger partial charge on any atom is 0.228 e. The number of alkyl halides is 1. The SMILES string of the molecule is CCCOc1ccnc(N(CCCBr)C(C)C)n1. The van der Waals surface area contributed by atoms with Crippen molar-refractivity contribution in [2.24, 2.45) is 0 Å². The van der Waals surface area contributed by atoms with E-state index >= 15 is 0 Å². The Kier molecular flexibility index (Phi) is 7.01. The van der Waals surface area contributed by atoms with E-state index in [0.717, 1.165) is 30.7 Å². The Hall–Kier alpha value is -0.840. The molecule has 0 radical (unpaired) electrons. The summed E-state index contributed by atoms with van der Waals surface area (Å²) in [5.74, 6) is 1.41. The van der Waals surface area contributed by atoms with Crippen molar-refractivity contribution in [3.8, 4) is 5.88 Å². The summed E-state index contributed by atoms with van der Waals surface area (Å²) < 4.78 is 5.54. The van der Waals surface area contributed by atoms with Crippen LogP contribution in [-0.4, -0.2) is 34.5 Å². The van der Waals surface area contributed by atoms with E-state index in [-0.39, 0.29) is 0 Å². The standard InChI is InChI=1S/C13H22BrN3O/c1-4-10-18-12-6-8-15-13(16-12)17(11(2)3)9-5-7-14/h6,8,11H,4-5,7,9-10H2,1-3H3. The number of ether oxygens (including phenoxy) is 1. The lowest BCUT2D eigenvalue weighted by atomic mass is 10.3. The molecule has 0 amide bonds. The van der Waals surface area contributed by atoms with E-state index in [1.54, 1.807) is 6.20 Å². The third-order valence-corrected chi connectivity index (χ3v) is 3.05. The van der Waals surface area contributed by atoms with E-state index in [1.165, 1.54) is 0 Å². The summed E-state index contributed by atoms with van der Waals surface area (Å²) in [6.07, 6.45) is 3.81. The van der Waals surface area contributed by atoms with Gasteiger partial charge in [-0.05, 0) is 26.7 Å². The van der Waals surface area contributed by atoms with Crippen LogP contribution in [0.1, 0.15) is 33.6 Å². The molecular weight excluding hydrogens is 294 g/mol. The summed E-state index contributed by atoms with van der Waals surface area (Å²) in [6.45, 7) is 8.02. The first-order chi connectivity index (χ1) is 8.69. The van der Waals surface area contributed by atoms with Crippen LogP contribution in [0.4, 0.5) is 5.95 Å². The molecule has 0 saturated carbocycles. The van der Waals surface area contributed by atoms with Crippen LogP contribution < -0.4 is 9.64 Å². The van der Waals surface area contributed by atoms with Crippen LogP contribution in [-0.2, 0) is 0 Å². The van der Waals surface area contributed by atoms with Crippen molar-refractivity contribution in [3.05, 3.63) is 12.3 Å². The van der Waals surface area contributed by atoms with Gasteiger partial charge < -0.3 is 9.64 Å². The quantitative estimate of drug-likeness (QED) is 0.690. The molecule has 102 valence electrons. The third-order valence-electron chi connectivity index (χ3n) is 2.48. The molecule has 0 aliphatic carbocycles. The predicted octanol–water partition coefficient (Wildman–Crippen LogP) is 3.27. The summed E-state index contributed by atoms with van der Waals surface area (Å²) in [5, 5.41) is 0.988. The van der Waals surface area contributed by atoms with E-state index in [2.05, 4.69) is 51.6 Å². The third kappa shape index (κ3) is 4.80. The Morgan fingerprint density at radius 2 is 2.22 bits per heavy atom. The van der Waals surface area contributed by atoms with Crippen LogP contribution in [0.3, 0.4) is 0 Å². The van der Waals surface area contributed by atoms with Gasteiger partial charge in [0.15, 0.2) is 0 Å². The fraction of sp³-hybridized carbons (Fsp3) is 0.692. The molecule has 0 aromatic carbocycles. The molecule has 0 saturated heterocycles. The lowest BCUT2D eigenvalue weighted by Gasteiger charge is -2.26. The first-order valence-corrected chi connectivity index (χ1v) is 7.59. The molecule has 0 spiro atoms. The number of nitrogens with zero attached hydrogens (tertiary/aromatic N) is 3. The molecule has 0 unspecified atom stereocenters. The number of anilines is 1. The van der Waals surface area contributed by atoms with Gasteiger partial charge in [0.1, 0.15) is 0 Å². The van der Waals surface area contributed by atoms with Crippen LogP contribution in [0.15, 0.2) is 12.3 Å². The Labute approximate surface area is 118 Å². The minimum absolute atomic E-state index is 0.380. The molecule has 1 heterocycles. The van der Waals surface area contributed by atoms with Gasteiger partial charge in [-0.25, -0.2) is 4.98 Å². The molecule has 0 aliphatic rings. The largest absolute Gasteiger partial charge is 0.478 e. The molecule has 0 N–H and O–H groups in total. The summed E-state index contributed by atoms with van der Waals surface area (Å²) in [6, 6.07) is 2.19. The van der Waals surface area contributed by atoms with Gasteiger partial charge >= 0.3 is 0 Å². The van der Waals surface area contributed by atoms with Crippen molar-refractivity contribution in [2.45, 2.75) is 39.7 Å². The molecule has 0 bridgehead atoms. The number of halogens is 1. The minimum Gasteiger partial charge on any atom is -0.478 e. The van der Waals surface area contributed by atoms with Gasteiger partial charge in [-0.2, -0.15) is 4.98 Å². The normalized spacial score (nSPS) is 10.7. The Morgan fingerprint density at radius 1 is 1.44 bits per heavy atom. The highest BCUT2D eigenvalue weighted by Gasteiger charge is 2.13. The first-order valence-electron chi connectivity index (χ1n) is 6.47. The fourth-order valence-corrected chi connectivity index (χ4v) is 1.83. The van der Waals surface area contributed by atoms with Crippen LogP contribution >= 0.6 is 15.9 Å². The molecule has 0 aliphatic heterocycles. The molecular formula is C13H22BrN3O. The molecule has 1 aromatic heterocycles. The van der Waals surface area contributed by atoms with Gasteiger partial charge in [0.05, 0.1) is 6.61 Å². The molecule has 0 atom stereocenters. The van der Waals surface area contributed by atoms with Gasteiger partial charge in [0.25, 0.3) is 0 Å². The molecule has 1 rings (SSSR count). The second kappa shape index (κ2) is 8.29. The number of hydrogen-bond acceptors (Lipinski definition) is 4. The second-order valence-corrected chi connectivity index (χ2v) is 5.17. The fourth-order valence-electron chi connectivity index (χ4n) is 1.58. The van der Waals surface area contributed by atoms with Crippen molar-refractivity contribution in [3.63, 3.8) is 0 Å². The van der Waals surface area contributed by atoms with Crippen LogP contribution in [0.5, 0.6) is 5.88 Å². The zero-order chi connectivity index (χ0) is 13.4. The highest BCUT2D eigenvalue weighted by molar-refractivity contribution is 9.09. The van der Waals surface area contributed by atoms with Crippen molar-refractivity contribution < 1.29 is 4.74 Å². The summed E-state index contributed by atoms with van der Waals surface area (Å²) in [7, 11) is 0. The monoisotopic (exact) mass is 315 g/mol. The smallest absolute Gasteiger partial charge is 0.228 e. The van der Waals surface area contributed by atoms with Gasteiger partial charge in [0, 0.05) is 30.2 Å². The second-order valence-electron chi connectivity index (χ2n) is 4.37. The average molecular weight is 316 g/mol. The predicted molar refractivity (Wildman–Crippen MR) is 78.7 cm³/mol. The van der Waals surface area contributed by atoms with Gasteiger partial charge in [-0.1, -0.05) is 22.9 Å². The summed E-state index contributed by atoms with van der Waals surface area (Å²) >= 11 is 3.46. The Morgan fingerprint density at radius 3 is 2.83 bits per heavy atom. The maximum atomic E-state index is 5.54. The molecule has 18 heavy (non-hydrogen) atoms. The van der Waals surface area contributed by atoms with Crippen molar-refractivity contribution in [1.29, 1.82) is 0 Å². The number of aromatic nitrogens is 2. The van der Waals surface area contributed by atoms with E-state index in [4.69, 9.17) is 4.74 Å². The average Bonchev–Trinajstić information content (AvgIpc) is 2.37. The lowest BCUT2D eigenvalue weighted by Crippen LogP contribution is -2.33. The molecule has 5 heteroatoms. The Bertz CT molecular complexity index is 347. The number of hydrogen-bond donors (Lipinski definition) is 0. The maximum absolute atomic E-state index is 5.54. The van der Waals surface area contributed by atoms with Crippen LogP contribution in [0, 0.1) is 0 Å². The zero-order valence-electron chi connectivity index (χ0n) is 11.4. The van der Waals surface area contributed by atoms with E-state index in [0.29, 0.717) is 18.5 Å². The Balaban J connectivity index is 2.77. The highest BCUT2D eigenvalue weighted by Crippen LogP contribution is 2.16.